The van der Waals surface area contributed by atoms with Crippen molar-refractivity contribution in [2.24, 2.45) is 0 Å². The second-order valence-electron chi connectivity index (χ2n) is 6.74. The van der Waals surface area contributed by atoms with Gasteiger partial charge in [-0.25, -0.2) is 0 Å². The first-order valence-corrected chi connectivity index (χ1v) is 8.91. The molecule has 0 spiro atoms. The number of amides is 1. The molecule has 3 aromatic carbocycles. The third-order valence-electron chi connectivity index (χ3n) is 4.56. The molecule has 0 aliphatic rings. The third-order valence-corrected chi connectivity index (χ3v) is 4.56. The van der Waals surface area contributed by atoms with Crippen LogP contribution in [0.4, 0.5) is 11.4 Å². The second kappa shape index (κ2) is 7.16. The van der Waals surface area contributed by atoms with Crippen LogP contribution in [0.25, 0.3) is 16.7 Å². The normalized spacial score (nSPS) is 10.8. The smallest absolute Gasteiger partial charge is 0.272 e. The number of benzene rings is 3. The second-order valence-corrected chi connectivity index (χ2v) is 6.74. The zero-order chi connectivity index (χ0) is 20.5. The standard InChI is InChI=1S/C21H17N5O3/c1-13-3-7-17(8-4-13)25-23-18-9-6-16(12-19(18)24-25)22-21(27)15-5-10-20(26(28)29)14(2)11-15/h3-12H,1-2H3,(H,22,27). The van der Waals surface area contributed by atoms with Crippen LogP contribution in [0.2, 0.25) is 0 Å². The number of nitrogens with zero attached hydrogens (tertiary/aromatic N) is 4. The van der Waals surface area contributed by atoms with Crippen molar-refractivity contribution in [2.45, 2.75) is 13.8 Å². The summed E-state index contributed by atoms with van der Waals surface area (Å²) in [6.07, 6.45) is 0. The molecule has 0 bridgehead atoms. The average molecular weight is 387 g/mol. The zero-order valence-electron chi connectivity index (χ0n) is 15.8. The predicted octanol–water partition coefficient (Wildman–Crippen LogP) is 4.20. The number of carbonyl (C=O) groups excluding carboxylic acids is 1. The lowest BCUT2D eigenvalue weighted by Crippen LogP contribution is -2.12. The summed E-state index contributed by atoms with van der Waals surface area (Å²) in [6, 6.07) is 17.4. The first-order valence-electron chi connectivity index (χ1n) is 8.91. The van der Waals surface area contributed by atoms with E-state index in [0.717, 1.165) is 11.3 Å². The molecule has 0 aliphatic carbocycles. The highest BCUT2D eigenvalue weighted by Gasteiger charge is 2.14. The molecule has 144 valence electrons. The van der Waals surface area contributed by atoms with Crippen molar-refractivity contribution in [1.82, 2.24) is 15.0 Å². The van der Waals surface area contributed by atoms with E-state index in [1.807, 2.05) is 31.2 Å². The van der Waals surface area contributed by atoms with Crippen LogP contribution in [0.3, 0.4) is 0 Å². The lowest BCUT2D eigenvalue weighted by molar-refractivity contribution is -0.385. The quantitative estimate of drug-likeness (QED) is 0.418. The maximum Gasteiger partial charge on any atom is 0.272 e. The molecule has 1 N–H and O–H groups in total. The van der Waals surface area contributed by atoms with Gasteiger partial charge in [-0.05, 0) is 56.3 Å². The van der Waals surface area contributed by atoms with Crippen LogP contribution in [-0.4, -0.2) is 25.8 Å². The molecular weight excluding hydrogens is 370 g/mol. The van der Waals surface area contributed by atoms with Crippen LogP contribution in [-0.2, 0) is 0 Å². The number of nitro benzene ring substituents is 1. The van der Waals surface area contributed by atoms with Gasteiger partial charge in [0, 0.05) is 22.9 Å². The lowest BCUT2D eigenvalue weighted by atomic mass is 10.1. The Labute approximate surface area is 165 Å². The zero-order valence-corrected chi connectivity index (χ0v) is 15.8. The van der Waals surface area contributed by atoms with Crippen LogP contribution in [0.5, 0.6) is 0 Å². The molecule has 4 aromatic rings. The molecule has 8 heteroatoms. The van der Waals surface area contributed by atoms with Crippen LogP contribution in [0.15, 0.2) is 60.7 Å². The summed E-state index contributed by atoms with van der Waals surface area (Å²) < 4.78 is 0. The highest BCUT2D eigenvalue weighted by atomic mass is 16.6. The number of carbonyl (C=O) groups is 1. The van der Waals surface area contributed by atoms with Crippen molar-refractivity contribution in [3.8, 4) is 5.69 Å². The van der Waals surface area contributed by atoms with E-state index in [-0.39, 0.29) is 11.6 Å². The Hall–Kier alpha value is -4.07. The molecule has 0 saturated heterocycles. The Morgan fingerprint density at radius 2 is 1.69 bits per heavy atom. The summed E-state index contributed by atoms with van der Waals surface area (Å²) in [5.74, 6) is -0.353. The summed E-state index contributed by atoms with van der Waals surface area (Å²) in [7, 11) is 0. The number of nitro groups is 1. The molecular formula is C21H17N5O3. The highest BCUT2D eigenvalue weighted by Crippen LogP contribution is 2.21. The van der Waals surface area contributed by atoms with Crippen molar-refractivity contribution in [2.75, 3.05) is 5.32 Å². The van der Waals surface area contributed by atoms with E-state index >= 15 is 0 Å². The number of hydrogen-bond donors (Lipinski definition) is 1. The van der Waals surface area contributed by atoms with Gasteiger partial charge in [0.1, 0.15) is 11.0 Å². The topological polar surface area (TPSA) is 103 Å². The first kappa shape index (κ1) is 18.3. The molecule has 0 aliphatic heterocycles. The molecule has 0 radical (unpaired) electrons. The fraction of sp³-hybridized carbons (Fsp3) is 0.0952. The van der Waals surface area contributed by atoms with Crippen molar-refractivity contribution in [3.63, 3.8) is 0 Å². The molecule has 29 heavy (non-hydrogen) atoms. The minimum Gasteiger partial charge on any atom is -0.322 e. The van der Waals surface area contributed by atoms with Gasteiger partial charge in [-0.3, -0.25) is 14.9 Å². The molecule has 4 rings (SSSR count). The fourth-order valence-corrected chi connectivity index (χ4v) is 2.99. The van der Waals surface area contributed by atoms with Gasteiger partial charge in [0.25, 0.3) is 11.6 Å². The number of hydrogen-bond acceptors (Lipinski definition) is 5. The van der Waals surface area contributed by atoms with Crippen LogP contribution >= 0.6 is 0 Å². The average Bonchev–Trinajstić information content (AvgIpc) is 3.11. The number of aryl methyl sites for hydroxylation is 2. The number of anilines is 1. The highest BCUT2D eigenvalue weighted by molar-refractivity contribution is 6.05. The molecule has 0 fully saturated rings. The van der Waals surface area contributed by atoms with Gasteiger partial charge >= 0.3 is 0 Å². The van der Waals surface area contributed by atoms with Crippen molar-refractivity contribution < 1.29 is 9.72 Å². The Morgan fingerprint density at radius 3 is 2.38 bits per heavy atom. The molecule has 0 atom stereocenters. The van der Waals surface area contributed by atoms with Crippen molar-refractivity contribution >= 4 is 28.3 Å². The first-order chi connectivity index (χ1) is 13.9. The molecule has 0 unspecified atom stereocenters. The maximum atomic E-state index is 12.5. The maximum absolute atomic E-state index is 12.5. The van der Waals surface area contributed by atoms with Crippen LogP contribution < -0.4 is 5.32 Å². The van der Waals surface area contributed by atoms with E-state index in [1.54, 1.807) is 29.9 Å². The number of rotatable bonds is 4. The molecule has 8 nitrogen and oxygen atoms in total. The van der Waals surface area contributed by atoms with Gasteiger partial charge in [0.15, 0.2) is 0 Å². The van der Waals surface area contributed by atoms with E-state index in [1.165, 1.54) is 18.2 Å². The van der Waals surface area contributed by atoms with Gasteiger partial charge in [-0.15, -0.1) is 10.2 Å². The minimum absolute atomic E-state index is 0.0179. The van der Waals surface area contributed by atoms with E-state index in [9.17, 15) is 14.9 Å². The summed E-state index contributed by atoms with van der Waals surface area (Å²) in [5.41, 5.74) is 4.66. The molecule has 1 heterocycles. The monoisotopic (exact) mass is 387 g/mol. The molecule has 1 aromatic heterocycles. The SMILES string of the molecule is Cc1ccc(-n2nc3ccc(NC(=O)c4ccc([N+](=O)[O-])c(C)c4)cc3n2)cc1. The van der Waals surface area contributed by atoms with Crippen LogP contribution in [0, 0.1) is 24.0 Å². The van der Waals surface area contributed by atoms with E-state index in [0.29, 0.717) is 27.8 Å². The van der Waals surface area contributed by atoms with Crippen molar-refractivity contribution in [1.29, 1.82) is 0 Å². The summed E-state index contributed by atoms with van der Waals surface area (Å²) in [6.45, 7) is 3.61. The summed E-state index contributed by atoms with van der Waals surface area (Å²) in [4.78, 5) is 24.5. The minimum atomic E-state index is -0.470. The van der Waals surface area contributed by atoms with Crippen LogP contribution in [0.1, 0.15) is 21.5 Å². The lowest BCUT2D eigenvalue weighted by Gasteiger charge is -2.06. The van der Waals surface area contributed by atoms with Gasteiger partial charge in [-0.1, -0.05) is 17.7 Å². The fourth-order valence-electron chi connectivity index (χ4n) is 2.99. The Balaban J connectivity index is 1.58. The van der Waals surface area contributed by atoms with Gasteiger partial charge in [0.05, 0.1) is 10.6 Å². The van der Waals surface area contributed by atoms with Gasteiger partial charge < -0.3 is 5.32 Å². The van der Waals surface area contributed by atoms with Gasteiger partial charge in [-0.2, -0.15) is 4.80 Å². The number of fused-ring (bicyclic) bond motifs is 1. The van der Waals surface area contributed by atoms with E-state index in [4.69, 9.17) is 0 Å². The van der Waals surface area contributed by atoms with E-state index in [2.05, 4.69) is 15.5 Å². The van der Waals surface area contributed by atoms with Gasteiger partial charge in [0.2, 0.25) is 0 Å². The molecule has 1 amide bonds. The largest absolute Gasteiger partial charge is 0.322 e. The predicted molar refractivity (Wildman–Crippen MR) is 109 cm³/mol. The van der Waals surface area contributed by atoms with Crippen molar-refractivity contribution in [3.05, 3.63) is 87.5 Å². The van der Waals surface area contributed by atoms with E-state index < -0.39 is 4.92 Å². The molecule has 0 saturated carbocycles. The summed E-state index contributed by atoms with van der Waals surface area (Å²) >= 11 is 0. The Kier molecular flexibility index (Phi) is 4.52. The summed E-state index contributed by atoms with van der Waals surface area (Å²) in [5, 5.41) is 22.7. The Morgan fingerprint density at radius 1 is 0.966 bits per heavy atom. The third kappa shape index (κ3) is 3.68. The number of nitrogens with one attached hydrogen (secondary N) is 1. The number of aromatic nitrogens is 3. The Bertz CT molecular complexity index is 1250.